The summed E-state index contributed by atoms with van der Waals surface area (Å²) in [6.45, 7) is 4.88. The quantitative estimate of drug-likeness (QED) is 0.286. The number of hydrogen-bond donors (Lipinski definition) is 1. The number of rotatable bonds is 6. The Morgan fingerprint density at radius 3 is 2.33 bits per heavy atom. The summed E-state index contributed by atoms with van der Waals surface area (Å²) in [5.74, 6) is 3.38. The van der Waals surface area contributed by atoms with Crippen molar-refractivity contribution in [1.29, 1.82) is 5.26 Å². The van der Waals surface area contributed by atoms with Gasteiger partial charge in [-0.15, -0.1) is 0 Å². The number of nitrogen functional groups attached to an aromatic ring is 1. The number of imidazole rings is 1. The number of benzene rings is 2. The second-order valence-electron chi connectivity index (χ2n) is 11.7. The summed E-state index contributed by atoms with van der Waals surface area (Å²) >= 11 is 0. The second kappa shape index (κ2) is 11.1. The van der Waals surface area contributed by atoms with Crippen molar-refractivity contribution in [3.63, 3.8) is 0 Å². The zero-order valence-corrected chi connectivity index (χ0v) is 24.5. The fourth-order valence-electron chi connectivity index (χ4n) is 6.75. The van der Waals surface area contributed by atoms with Crippen LogP contribution >= 0.6 is 0 Å². The van der Waals surface area contributed by atoms with E-state index in [9.17, 15) is 5.26 Å². The zero-order chi connectivity index (χ0) is 30.3. The molecule has 2 aliphatic heterocycles. The lowest BCUT2D eigenvalue weighted by Crippen LogP contribution is -2.29. The Morgan fingerprint density at radius 2 is 1.58 bits per heavy atom. The number of aromatic nitrogens is 6. The molecular weight excluding hydrogens is 560 g/mol. The first-order chi connectivity index (χ1) is 22.1. The van der Waals surface area contributed by atoms with Crippen LogP contribution in [0, 0.1) is 23.2 Å². The molecule has 0 bridgehead atoms. The number of pyridine rings is 2. The van der Waals surface area contributed by atoms with Crippen LogP contribution in [0.15, 0.2) is 97.3 Å². The van der Waals surface area contributed by atoms with Gasteiger partial charge in [0, 0.05) is 56.4 Å². The highest BCUT2D eigenvalue weighted by Crippen LogP contribution is 2.35. The van der Waals surface area contributed by atoms with Crippen LogP contribution < -0.4 is 10.6 Å². The number of anilines is 2. The predicted octanol–water partition coefficient (Wildman–Crippen LogP) is 4.96. The summed E-state index contributed by atoms with van der Waals surface area (Å²) in [7, 11) is 0. The maximum atomic E-state index is 9.17. The molecule has 6 heterocycles. The maximum Gasteiger partial charge on any atom is 0.234 e. The van der Waals surface area contributed by atoms with Gasteiger partial charge in [-0.05, 0) is 59.9 Å². The number of hydrogen-bond acceptors (Lipinski definition) is 9. The molecule has 0 aliphatic carbocycles. The van der Waals surface area contributed by atoms with Crippen LogP contribution in [0.4, 0.5) is 11.6 Å². The summed E-state index contributed by atoms with van der Waals surface area (Å²) in [6.07, 6.45) is 3.36. The topological polar surface area (TPSA) is 126 Å². The first-order valence-electron chi connectivity index (χ1n) is 15.1. The number of nitrogens with two attached hydrogens (primary N) is 1. The molecule has 6 aromatic rings. The van der Waals surface area contributed by atoms with Crippen LogP contribution in [0.25, 0.3) is 39.5 Å². The molecule has 8 rings (SSSR count). The van der Waals surface area contributed by atoms with Crippen LogP contribution in [-0.2, 0) is 6.54 Å². The summed E-state index contributed by atoms with van der Waals surface area (Å²) in [5.41, 5.74) is 12.8. The predicted molar refractivity (Wildman–Crippen MR) is 173 cm³/mol. The van der Waals surface area contributed by atoms with E-state index in [2.05, 4.69) is 65.7 Å². The molecule has 10 heteroatoms. The van der Waals surface area contributed by atoms with Crippen molar-refractivity contribution in [2.24, 2.45) is 11.8 Å². The third kappa shape index (κ3) is 5.03. The Hall–Kier alpha value is -5.66. The SMILES string of the molecule is N#Cc1nccc(N2C[C@@H]3CN(Cc4ccc(-n5c(-c6cccnc6N)nc6ccc(-c7ccccc7)nc65)cc4)C[C@H]3C2)n1. The van der Waals surface area contributed by atoms with E-state index in [1.54, 1.807) is 12.4 Å². The fourth-order valence-corrected chi connectivity index (χ4v) is 6.75. The Balaban J connectivity index is 1.05. The Bertz CT molecular complexity index is 2030. The molecule has 4 aromatic heterocycles. The molecule has 2 aliphatic rings. The minimum Gasteiger partial charge on any atom is -0.383 e. The van der Waals surface area contributed by atoms with Gasteiger partial charge < -0.3 is 10.6 Å². The molecule has 2 aromatic carbocycles. The second-order valence-corrected chi connectivity index (χ2v) is 11.7. The highest BCUT2D eigenvalue weighted by molar-refractivity contribution is 5.84. The van der Waals surface area contributed by atoms with E-state index in [0.29, 0.717) is 23.5 Å². The molecule has 0 unspecified atom stereocenters. The van der Waals surface area contributed by atoms with Crippen LogP contribution in [0.5, 0.6) is 0 Å². The first-order valence-corrected chi connectivity index (χ1v) is 15.1. The van der Waals surface area contributed by atoms with Crippen LogP contribution in [0.1, 0.15) is 11.4 Å². The van der Waals surface area contributed by atoms with Gasteiger partial charge in [-0.25, -0.2) is 24.9 Å². The molecule has 220 valence electrons. The van der Waals surface area contributed by atoms with Gasteiger partial charge in [-0.2, -0.15) is 5.26 Å². The number of nitrogens with zero attached hydrogens (tertiary/aromatic N) is 9. The Morgan fingerprint density at radius 1 is 0.778 bits per heavy atom. The van der Waals surface area contributed by atoms with Crippen molar-refractivity contribution in [3.8, 4) is 34.4 Å². The molecule has 0 saturated carbocycles. The molecular formula is C35H30N10. The van der Waals surface area contributed by atoms with Crippen molar-refractivity contribution >= 4 is 22.8 Å². The van der Waals surface area contributed by atoms with Crippen molar-refractivity contribution in [3.05, 3.63) is 109 Å². The Kier molecular flexibility index (Phi) is 6.65. The minimum absolute atomic E-state index is 0.224. The highest BCUT2D eigenvalue weighted by atomic mass is 15.3. The van der Waals surface area contributed by atoms with Gasteiger partial charge in [0.25, 0.3) is 0 Å². The van der Waals surface area contributed by atoms with E-state index >= 15 is 0 Å². The molecule has 2 N–H and O–H groups in total. The molecule has 0 radical (unpaired) electrons. The van der Waals surface area contributed by atoms with Gasteiger partial charge >= 0.3 is 0 Å². The average Bonchev–Trinajstić information content (AvgIpc) is 3.77. The first kappa shape index (κ1) is 26.9. The molecule has 2 atom stereocenters. The number of nitriles is 1. The molecule has 10 nitrogen and oxygen atoms in total. The Labute approximate surface area is 260 Å². The minimum atomic E-state index is 0.224. The van der Waals surface area contributed by atoms with E-state index in [-0.39, 0.29) is 5.82 Å². The van der Waals surface area contributed by atoms with Gasteiger partial charge in [-0.3, -0.25) is 9.47 Å². The molecule has 0 spiro atoms. The van der Waals surface area contributed by atoms with Crippen molar-refractivity contribution in [2.75, 3.05) is 36.8 Å². The van der Waals surface area contributed by atoms with E-state index < -0.39 is 0 Å². The van der Waals surface area contributed by atoms with Gasteiger partial charge in [0.15, 0.2) is 11.5 Å². The van der Waals surface area contributed by atoms with Crippen LogP contribution in [0.2, 0.25) is 0 Å². The van der Waals surface area contributed by atoms with Gasteiger partial charge in [-0.1, -0.05) is 42.5 Å². The van der Waals surface area contributed by atoms with Gasteiger partial charge in [0.05, 0.1) is 11.3 Å². The van der Waals surface area contributed by atoms with Crippen molar-refractivity contribution in [1.82, 2.24) is 34.4 Å². The third-order valence-electron chi connectivity index (χ3n) is 8.88. The van der Waals surface area contributed by atoms with E-state index in [1.165, 1.54) is 5.56 Å². The number of likely N-dealkylation sites (tertiary alicyclic amines) is 1. The van der Waals surface area contributed by atoms with E-state index in [4.69, 9.17) is 15.7 Å². The number of fused-ring (bicyclic) bond motifs is 2. The summed E-state index contributed by atoms with van der Waals surface area (Å²) in [5, 5.41) is 9.17. The van der Waals surface area contributed by atoms with Gasteiger partial charge in [0.2, 0.25) is 5.82 Å². The molecule has 2 saturated heterocycles. The van der Waals surface area contributed by atoms with Crippen molar-refractivity contribution in [2.45, 2.75) is 6.54 Å². The van der Waals surface area contributed by atoms with Gasteiger partial charge in [0.1, 0.15) is 23.2 Å². The third-order valence-corrected chi connectivity index (χ3v) is 8.88. The average molecular weight is 591 g/mol. The summed E-state index contributed by atoms with van der Waals surface area (Å²) < 4.78 is 2.08. The monoisotopic (exact) mass is 590 g/mol. The fraction of sp³-hybridized carbons (Fsp3) is 0.200. The van der Waals surface area contributed by atoms with E-state index in [0.717, 1.165) is 72.2 Å². The maximum absolute atomic E-state index is 9.17. The lowest BCUT2D eigenvalue weighted by molar-refractivity contribution is 0.309. The molecule has 2 fully saturated rings. The lowest BCUT2D eigenvalue weighted by Gasteiger charge is -2.22. The summed E-state index contributed by atoms with van der Waals surface area (Å²) in [6, 6.07) is 30.7. The largest absolute Gasteiger partial charge is 0.383 e. The molecule has 45 heavy (non-hydrogen) atoms. The van der Waals surface area contributed by atoms with Crippen molar-refractivity contribution < 1.29 is 0 Å². The summed E-state index contributed by atoms with van der Waals surface area (Å²) in [4.78, 5) is 27.6. The van der Waals surface area contributed by atoms with Crippen LogP contribution in [-0.4, -0.2) is 60.6 Å². The highest BCUT2D eigenvalue weighted by Gasteiger charge is 2.40. The van der Waals surface area contributed by atoms with Crippen LogP contribution in [0.3, 0.4) is 0 Å². The normalized spacial score (nSPS) is 17.9. The zero-order valence-electron chi connectivity index (χ0n) is 24.5. The lowest BCUT2D eigenvalue weighted by atomic mass is 10.0. The standard InChI is InChI=1S/C35H30N10/c36-17-31-38-16-14-32(42-31)44-21-25-19-43(20-26(25)22-44)18-23-8-10-27(11-9-23)45-34(28-7-4-15-39-33(28)37)41-30-13-12-29(40-35(30)45)24-5-2-1-3-6-24/h1-16,25-26H,18-22H2,(H2,37,39)/t25-,26-/m0/s1. The smallest absolute Gasteiger partial charge is 0.234 e. The molecule has 0 amide bonds. The van der Waals surface area contributed by atoms with E-state index in [1.807, 2.05) is 54.6 Å².